The summed E-state index contributed by atoms with van der Waals surface area (Å²) in [5.74, 6) is -1.58. The van der Waals surface area contributed by atoms with Crippen molar-refractivity contribution in [3.8, 4) is 0 Å². The molecule has 2 bridgehead atoms. The van der Waals surface area contributed by atoms with Crippen molar-refractivity contribution in [3.05, 3.63) is 11.1 Å². The Hall–Kier alpha value is -1.03. The van der Waals surface area contributed by atoms with E-state index in [1.807, 2.05) is 0 Å². The minimum atomic E-state index is -0.549. The van der Waals surface area contributed by atoms with Gasteiger partial charge in [-0.1, -0.05) is 11.6 Å². The van der Waals surface area contributed by atoms with Crippen LogP contribution >= 0.6 is 11.6 Å². The molecule has 0 aromatic rings. The first-order valence-corrected chi connectivity index (χ1v) is 4.67. The maximum absolute atomic E-state index is 11.3. The minimum absolute atomic E-state index is 0.345. The summed E-state index contributed by atoms with van der Waals surface area (Å²) >= 11 is 5.83. The highest BCUT2D eigenvalue weighted by molar-refractivity contribution is 6.31. The van der Waals surface area contributed by atoms with Gasteiger partial charge in [0.1, 0.15) is 6.10 Å². The number of carbonyl (C=O) groups is 2. The van der Waals surface area contributed by atoms with Crippen LogP contribution < -0.4 is 0 Å². The predicted molar refractivity (Wildman–Crippen MR) is 47.4 cm³/mol. The number of halogens is 1. The van der Waals surface area contributed by atoms with Gasteiger partial charge in [-0.25, -0.2) is 0 Å². The zero-order chi connectivity index (χ0) is 10.3. The molecule has 3 aliphatic rings. The van der Waals surface area contributed by atoms with E-state index in [4.69, 9.17) is 16.3 Å². The lowest BCUT2D eigenvalue weighted by molar-refractivity contribution is -0.170. The van der Waals surface area contributed by atoms with Gasteiger partial charge in [-0.3, -0.25) is 9.59 Å². The number of esters is 2. The highest BCUT2D eigenvalue weighted by Crippen LogP contribution is 2.39. The number of carbonyl (C=O) groups excluding carboxylic acids is 2. The summed E-state index contributed by atoms with van der Waals surface area (Å²) in [6, 6.07) is 0. The van der Waals surface area contributed by atoms with Crippen LogP contribution in [0, 0.1) is 11.8 Å². The molecule has 1 saturated heterocycles. The van der Waals surface area contributed by atoms with Gasteiger partial charge >= 0.3 is 11.9 Å². The van der Waals surface area contributed by atoms with Gasteiger partial charge < -0.3 is 9.47 Å². The van der Waals surface area contributed by atoms with Gasteiger partial charge in [0.25, 0.3) is 0 Å². The van der Waals surface area contributed by atoms with Crippen LogP contribution in [0.15, 0.2) is 11.1 Å². The molecule has 2 aliphatic heterocycles. The van der Waals surface area contributed by atoms with Crippen molar-refractivity contribution in [2.75, 3.05) is 7.11 Å². The van der Waals surface area contributed by atoms with Gasteiger partial charge in [-0.2, -0.15) is 0 Å². The monoisotopic (exact) mass is 216 g/mol. The molecule has 0 radical (unpaired) electrons. The first kappa shape index (κ1) is 9.52. The molecule has 14 heavy (non-hydrogen) atoms. The van der Waals surface area contributed by atoms with Crippen molar-refractivity contribution in [1.82, 2.24) is 0 Å². The molecule has 3 rings (SSSR count). The molecule has 0 amide bonds. The molecule has 76 valence electrons. The van der Waals surface area contributed by atoms with Crippen LogP contribution in [0.2, 0.25) is 0 Å². The summed E-state index contributed by atoms with van der Waals surface area (Å²) in [5, 5.41) is 0.478. The second kappa shape index (κ2) is 3.28. The molecular weight excluding hydrogens is 208 g/mol. The fourth-order valence-corrected chi connectivity index (χ4v) is 2.12. The summed E-state index contributed by atoms with van der Waals surface area (Å²) in [5.41, 5.74) is 0. The quantitative estimate of drug-likeness (QED) is 0.610. The SMILES string of the molecule is COC(=O)[C@H]1C[C@H]2C(=O)O[C@@H]1C=C2Cl. The van der Waals surface area contributed by atoms with E-state index in [1.54, 1.807) is 6.08 Å². The Balaban J connectivity index is 2.24. The Morgan fingerprint density at radius 1 is 1.71 bits per heavy atom. The Labute approximate surface area is 85.8 Å². The predicted octanol–water partition coefficient (Wildman–Crippen LogP) is 0.844. The molecule has 2 heterocycles. The number of methoxy groups -OCH3 is 1. The standard InChI is InChI=1S/C9H9ClO4/c1-13-8(11)5-2-4-6(10)3-7(5)14-9(4)12/h3-5,7H,2H2,1H3/t4-,5+,7-/m1/s1. The topological polar surface area (TPSA) is 52.6 Å². The van der Waals surface area contributed by atoms with Gasteiger partial charge in [0, 0.05) is 5.03 Å². The van der Waals surface area contributed by atoms with Crippen LogP contribution in [0.25, 0.3) is 0 Å². The van der Waals surface area contributed by atoms with Crippen molar-refractivity contribution >= 4 is 23.5 Å². The van der Waals surface area contributed by atoms with Crippen LogP contribution in [-0.2, 0) is 19.1 Å². The number of rotatable bonds is 1. The lowest BCUT2D eigenvalue weighted by atomic mass is 9.81. The van der Waals surface area contributed by atoms with Crippen molar-refractivity contribution in [1.29, 1.82) is 0 Å². The molecule has 5 heteroatoms. The number of ether oxygens (including phenoxy) is 2. The second-order valence-electron chi connectivity index (χ2n) is 3.37. The lowest BCUT2D eigenvalue weighted by Crippen LogP contribution is -2.45. The molecule has 0 aromatic heterocycles. The zero-order valence-electron chi connectivity index (χ0n) is 7.53. The average Bonchev–Trinajstić information content (AvgIpc) is 2.16. The van der Waals surface area contributed by atoms with Gasteiger partial charge in [0.05, 0.1) is 18.9 Å². The maximum atomic E-state index is 11.3. The van der Waals surface area contributed by atoms with E-state index in [-0.39, 0.29) is 11.9 Å². The Morgan fingerprint density at radius 3 is 2.93 bits per heavy atom. The number of fused-ring (bicyclic) bond motifs is 2. The molecule has 1 fully saturated rings. The molecule has 0 saturated carbocycles. The van der Waals surface area contributed by atoms with E-state index in [1.165, 1.54) is 7.11 Å². The summed E-state index contributed by atoms with van der Waals surface area (Å²) in [6.07, 6.45) is 1.46. The Morgan fingerprint density at radius 2 is 2.43 bits per heavy atom. The molecular formula is C9H9ClO4. The van der Waals surface area contributed by atoms with Crippen molar-refractivity contribution < 1.29 is 19.1 Å². The van der Waals surface area contributed by atoms with Crippen LogP contribution in [0.1, 0.15) is 6.42 Å². The number of hydrogen-bond acceptors (Lipinski definition) is 4. The van der Waals surface area contributed by atoms with Crippen LogP contribution in [0.4, 0.5) is 0 Å². The fourth-order valence-electron chi connectivity index (χ4n) is 1.81. The third-order valence-electron chi connectivity index (χ3n) is 2.58. The van der Waals surface area contributed by atoms with Crippen LogP contribution in [0.5, 0.6) is 0 Å². The molecule has 0 aromatic carbocycles. The van der Waals surface area contributed by atoms with E-state index in [2.05, 4.69) is 4.74 Å². The summed E-state index contributed by atoms with van der Waals surface area (Å²) in [4.78, 5) is 22.5. The van der Waals surface area contributed by atoms with Gasteiger partial charge in [0.15, 0.2) is 0 Å². The maximum Gasteiger partial charge on any atom is 0.314 e. The largest absolute Gasteiger partial charge is 0.469 e. The lowest BCUT2D eigenvalue weighted by Gasteiger charge is -2.36. The second-order valence-corrected chi connectivity index (χ2v) is 3.81. The van der Waals surface area contributed by atoms with Crippen LogP contribution in [-0.4, -0.2) is 25.2 Å². The zero-order valence-corrected chi connectivity index (χ0v) is 8.28. The van der Waals surface area contributed by atoms with E-state index in [9.17, 15) is 9.59 Å². The summed E-state index contributed by atoms with van der Waals surface area (Å²) in [6.45, 7) is 0. The highest BCUT2D eigenvalue weighted by Gasteiger charge is 2.46. The fraction of sp³-hybridized carbons (Fsp3) is 0.556. The Kier molecular flexibility index (Phi) is 2.23. The van der Waals surface area contributed by atoms with E-state index in [0.717, 1.165) is 0 Å². The normalized spacial score (nSPS) is 34.9. The molecule has 0 N–H and O–H groups in total. The van der Waals surface area contributed by atoms with Gasteiger partial charge in [0.2, 0.25) is 0 Å². The first-order chi connectivity index (χ1) is 6.63. The van der Waals surface area contributed by atoms with E-state index in [0.29, 0.717) is 11.5 Å². The molecule has 0 unspecified atom stereocenters. The number of hydrogen-bond donors (Lipinski definition) is 0. The van der Waals surface area contributed by atoms with Crippen LogP contribution in [0.3, 0.4) is 0 Å². The minimum Gasteiger partial charge on any atom is -0.469 e. The molecule has 4 nitrogen and oxygen atoms in total. The summed E-state index contributed by atoms with van der Waals surface area (Å²) < 4.78 is 9.60. The smallest absolute Gasteiger partial charge is 0.314 e. The Bertz CT molecular complexity index is 323. The average molecular weight is 217 g/mol. The summed E-state index contributed by atoms with van der Waals surface area (Å²) in [7, 11) is 1.32. The molecule has 1 aliphatic carbocycles. The third kappa shape index (κ3) is 1.30. The highest BCUT2D eigenvalue weighted by atomic mass is 35.5. The van der Waals surface area contributed by atoms with Crippen molar-refractivity contribution in [2.24, 2.45) is 11.8 Å². The van der Waals surface area contributed by atoms with Gasteiger partial charge in [-0.15, -0.1) is 0 Å². The molecule has 0 spiro atoms. The van der Waals surface area contributed by atoms with Crippen molar-refractivity contribution in [2.45, 2.75) is 12.5 Å². The van der Waals surface area contributed by atoms with E-state index >= 15 is 0 Å². The molecule has 3 atom stereocenters. The van der Waals surface area contributed by atoms with Crippen molar-refractivity contribution in [3.63, 3.8) is 0 Å². The third-order valence-corrected chi connectivity index (χ3v) is 2.97. The van der Waals surface area contributed by atoms with E-state index < -0.39 is 17.9 Å². The van der Waals surface area contributed by atoms with Gasteiger partial charge in [-0.05, 0) is 12.5 Å². The first-order valence-electron chi connectivity index (χ1n) is 4.29.